The lowest BCUT2D eigenvalue weighted by Gasteiger charge is -2.12. The molecule has 3 heterocycles. The fraction of sp³-hybridized carbons (Fsp3) is 0. The summed E-state index contributed by atoms with van der Waals surface area (Å²) in [5.74, 6) is 0. The van der Waals surface area contributed by atoms with Crippen LogP contribution in [-0.4, -0.2) is 8.80 Å². The van der Waals surface area contributed by atoms with E-state index in [0.29, 0.717) is 0 Å². The van der Waals surface area contributed by atoms with Crippen LogP contribution >= 0.6 is 0 Å². The average Bonchev–Trinajstić information content (AvgIpc) is 3.43. The molecule has 34 heavy (non-hydrogen) atoms. The van der Waals surface area contributed by atoms with Gasteiger partial charge in [-0.1, -0.05) is 84.9 Å². The Labute approximate surface area is 194 Å². The van der Waals surface area contributed by atoms with Gasteiger partial charge in [-0.15, -0.1) is 0 Å². The zero-order chi connectivity index (χ0) is 22.0. The molecule has 0 aliphatic carbocycles. The number of hydrogen-bond donors (Lipinski definition) is 0. The Kier molecular flexibility index (Phi) is 2.83. The highest BCUT2D eigenvalue weighted by molar-refractivity contribution is 6.33. The fourth-order valence-electron chi connectivity index (χ4n) is 6.48. The first-order chi connectivity index (χ1) is 16.9. The first-order valence-electron chi connectivity index (χ1n) is 11.8. The van der Waals surface area contributed by atoms with Crippen LogP contribution in [0.3, 0.4) is 0 Å². The maximum atomic E-state index is 2.51. The third-order valence-electron chi connectivity index (χ3n) is 7.78. The van der Waals surface area contributed by atoms with E-state index in [1.54, 1.807) is 0 Å². The monoisotopic (exact) mass is 430 g/mol. The second-order valence-electron chi connectivity index (χ2n) is 9.38. The summed E-state index contributed by atoms with van der Waals surface area (Å²) in [6, 6.07) is 40.2. The molecule has 0 saturated heterocycles. The highest BCUT2D eigenvalue weighted by Gasteiger charge is 2.22. The van der Waals surface area contributed by atoms with Crippen molar-refractivity contribution in [3.05, 3.63) is 109 Å². The summed E-state index contributed by atoms with van der Waals surface area (Å²) in [6.07, 6.45) is 0. The van der Waals surface area contributed by atoms with Crippen LogP contribution in [-0.2, 0) is 0 Å². The molecule has 9 rings (SSSR count). The smallest absolute Gasteiger partial charge is 0.0789 e. The van der Waals surface area contributed by atoms with Crippen LogP contribution in [0.4, 0.5) is 0 Å². The molecule has 0 fully saturated rings. The van der Waals surface area contributed by atoms with Gasteiger partial charge in [-0.05, 0) is 45.8 Å². The Hall–Kier alpha value is -4.56. The number of benzene rings is 6. The molecular weight excluding hydrogens is 412 g/mol. The standard InChI is InChI=1S/C32H18N2/c1-3-10-21-19(8-1)16-17-26-29(21)30-22-11-4-2-9-20(22)18-28-32(30)34(26)27-15-7-13-24-23-12-5-6-14-25(23)33(28)31(24)27/h1-18H. The van der Waals surface area contributed by atoms with E-state index in [1.807, 2.05) is 0 Å². The lowest BCUT2D eigenvalue weighted by Crippen LogP contribution is -1.97. The van der Waals surface area contributed by atoms with Gasteiger partial charge in [-0.2, -0.15) is 0 Å². The predicted molar refractivity (Wildman–Crippen MR) is 145 cm³/mol. The molecular formula is C32H18N2. The van der Waals surface area contributed by atoms with Gasteiger partial charge in [0.05, 0.1) is 33.1 Å². The van der Waals surface area contributed by atoms with Gasteiger partial charge < -0.3 is 8.80 Å². The highest BCUT2D eigenvalue weighted by atomic mass is 15.0. The number of rotatable bonds is 0. The molecule has 2 heteroatoms. The number of aromatic nitrogens is 2. The Morgan fingerprint density at radius 1 is 0.353 bits per heavy atom. The molecule has 0 atom stereocenters. The van der Waals surface area contributed by atoms with E-state index in [9.17, 15) is 0 Å². The first-order valence-corrected chi connectivity index (χ1v) is 11.8. The van der Waals surface area contributed by atoms with Gasteiger partial charge in [0.1, 0.15) is 0 Å². The number of para-hydroxylation sites is 2. The SMILES string of the molecule is c1ccc2c(c1)ccc1c2c2c3ccccc3cc3c2n1c1cccc2c4ccccc4n3c21. The summed E-state index contributed by atoms with van der Waals surface area (Å²) in [5.41, 5.74) is 7.65. The maximum absolute atomic E-state index is 2.51. The molecule has 0 aliphatic rings. The van der Waals surface area contributed by atoms with Gasteiger partial charge >= 0.3 is 0 Å². The van der Waals surface area contributed by atoms with Gasteiger partial charge in [0.25, 0.3) is 0 Å². The van der Waals surface area contributed by atoms with Crippen LogP contribution in [0.5, 0.6) is 0 Å². The third-order valence-corrected chi connectivity index (χ3v) is 7.78. The van der Waals surface area contributed by atoms with Crippen LogP contribution in [0, 0.1) is 0 Å². The van der Waals surface area contributed by atoms with Crippen LogP contribution in [0.15, 0.2) is 109 Å². The lowest BCUT2D eigenvalue weighted by molar-refractivity contribution is 1.26. The molecule has 0 radical (unpaired) electrons. The molecule has 3 aromatic heterocycles. The highest BCUT2D eigenvalue weighted by Crippen LogP contribution is 2.44. The maximum Gasteiger partial charge on any atom is 0.0789 e. The van der Waals surface area contributed by atoms with E-state index in [2.05, 4.69) is 118 Å². The van der Waals surface area contributed by atoms with Crippen molar-refractivity contribution in [2.75, 3.05) is 0 Å². The molecule has 9 aromatic rings. The summed E-state index contributed by atoms with van der Waals surface area (Å²) < 4.78 is 5.01. The van der Waals surface area contributed by atoms with Crippen molar-refractivity contribution < 1.29 is 0 Å². The summed E-state index contributed by atoms with van der Waals surface area (Å²) in [4.78, 5) is 0. The number of hydrogen-bond acceptors (Lipinski definition) is 0. The summed E-state index contributed by atoms with van der Waals surface area (Å²) in [5, 5.41) is 10.5. The Balaban J connectivity index is 1.78. The summed E-state index contributed by atoms with van der Waals surface area (Å²) in [6.45, 7) is 0. The predicted octanol–water partition coefficient (Wildman–Crippen LogP) is 8.55. The zero-order valence-corrected chi connectivity index (χ0v) is 18.3. The Morgan fingerprint density at radius 3 is 1.88 bits per heavy atom. The van der Waals surface area contributed by atoms with Gasteiger partial charge in [0.15, 0.2) is 0 Å². The second-order valence-corrected chi connectivity index (χ2v) is 9.38. The largest absolute Gasteiger partial charge is 0.305 e. The van der Waals surface area contributed by atoms with Crippen molar-refractivity contribution in [3.63, 3.8) is 0 Å². The van der Waals surface area contributed by atoms with Crippen molar-refractivity contribution >= 4 is 76.2 Å². The molecule has 0 saturated carbocycles. The normalized spacial score (nSPS) is 12.7. The van der Waals surface area contributed by atoms with Crippen molar-refractivity contribution in [1.82, 2.24) is 8.80 Å². The molecule has 0 bridgehead atoms. The molecule has 2 nitrogen and oxygen atoms in total. The van der Waals surface area contributed by atoms with E-state index in [1.165, 1.54) is 76.2 Å². The minimum Gasteiger partial charge on any atom is -0.305 e. The topological polar surface area (TPSA) is 8.82 Å². The van der Waals surface area contributed by atoms with Gasteiger partial charge in [-0.25, -0.2) is 0 Å². The fourth-order valence-corrected chi connectivity index (χ4v) is 6.48. The lowest BCUT2D eigenvalue weighted by atomic mass is 9.99. The van der Waals surface area contributed by atoms with E-state index in [-0.39, 0.29) is 0 Å². The van der Waals surface area contributed by atoms with E-state index in [0.717, 1.165) is 0 Å². The quantitative estimate of drug-likeness (QED) is 0.213. The zero-order valence-electron chi connectivity index (χ0n) is 18.3. The number of fused-ring (bicyclic) bond motifs is 12. The van der Waals surface area contributed by atoms with E-state index < -0.39 is 0 Å². The Bertz CT molecular complexity index is 2280. The number of nitrogens with zero attached hydrogens (tertiary/aromatic N) is 2. The summed E-state index contributed by atoms with van der Waals surface area (Å²) >= 11 is 0. The molecule has 0 N–H and O–H groups in total. The Morgan fingerprint density at radius 2 is 1.00 bits per heavy atom. The molecule has 156 valence electrons. The van der Waals surface area contributed by atoms with Crippen molar-refractivity contribution in [2.24, 2.45) is 0 Å². The first kappa shape index (κ1) is 17.0. The third kappa shape index (κ3) is 1.79. The molecule has 0 aliphatic heterocycles. The van der Waals surface area contributed by atoms with Gasteiger partial charge in [0.2, 0.25) is 0 Å². The molecule has 0 unspecified atom stereocenters. The minimum absolute atomic E-state index is 1.26. The van der Waals surface area contributed by atoms with Gasteiger partial charge in [0, 0.05) is 21.5 Å². The van der Waals surface area contributed by atoms with E-state index in [4.69, 9.17) is 0 Å². The minimum atomic E-state index is 1.26. The molecule has 0 spiro atoms. The molecule has 0 amide bonds. The van der Waals surface area contributed by atoms with Crippen molar-refractivity contribution in [2.45, 2.75) is 0 Å². The average molecular weight is 431 g/mol. The van der Waals surface area contributed by atoms with E-state index >= 15 is 0 Å². The second kappa shape index (κ2) is 5.67. The van der Waals surface area contributed by atoms with Crippen LogP contribution in [0.25, 0.3) is 76.2 Å². The van der Waals surface area contributed by atoms with Gasteiger partial charge in [-0.3, -0.25) is 0 Å². The van der Waals surface area contributed by atoms with Crippen molar-refractivity contribution in [3.8, 4) is 0 Å². The summed E-state index contributed by atoms with van der Waals surface area (Å²) in [7, 11) is 0. The van der Waals surface area contributed by atoms with Crippen LogP contribution < -0.4 is 0 Å². The van der Waals surface area contributed by atoms with Crippen LogP contribution in [0.2, 0.25) is 0 Å². The molecule has 6 aromatic carbocycles. The van der Waals surface area contributed by atoms with Crippen molar-refractivity contribution in [1.29, 1.82) is 0 Å². The van der Waals surface area contributed by atoms with Crippen LogP contribution in [0.1, 0.15) is 0 Å².